The summed E-state index contributed by atoms with van der Waals surface area (Å²) in [6.45, 7) is 9.76. The second-order valence-corrected chi connectivity index (χ2v) is 11.3. The molecular formula is C27H37N7O3. The van der Waals surface area contributed by atoms with Crippen LogP contribution in [0.2, 0.25) is 0 Å². The Morgan fingerprint density at radius 3 is 2.57 bits per heavy atom. The number of nitrogen functional groups attached to an aromatic ring is 1. The number of amides is 1. The fourth-order valence-corrected chi connectivity index (χ4v) is 5.50. The van der Waals surface area contributed by atoms with E-state index in [1.165, 1.54) is 25.6 Å². The Morgan fingerprint density at radius 2 is 1.86 bits per heavy atom. The van der Waals surface area contributed by atoms with E-state index in [-0.39, 0.29) is 0 Å². The topological polar surface area (TPSA) is 110 Å². The van der Waals surface area contributed by atoms with Gasteiger partial charge in [-0.2, -0.15) is 5.10 Å². The third kappa shape index (κ3) is 5.02. The van der Waals surface area contributed by atoms with Gasteiger partial charge in [0.05, 0.1) is 12.8 Å². The maximum atomic E-state index is 12.3. The molecule has 2 aliphatic rings. The van der Waals surface area contributed by atoms with Gasteiger partial charge in [0.25, 0.3) is 0 Å². The van der Waals surface area contributed by atoms with Gasteiger partial charge in [-0.15, -0.1) is 0 Å². The number of hydrogen-bond acceptors (Lipinski definition) is 8. The van der Waals surface area contributed by atoms with Crippen LogP contribution in [0.3, 0.4) is 0 Å². The Balaban J connectivity index is 1.48. The predicted molar refractivity (Wildman–Crippen MR) is 145 cm³/mol. The molecule has 2 fully saturated rings. The fourth-order valence-electron chi connectivity index (χ4n) is 5.50. The number of likely N-dealkylation sites (tertiary alicyclic amines) is 1. The van der Waals surface area contributed by atoms with Gasteiger partial charge in [0.1, 0.15) is 29.0 Å². The lowest BCUT2D eigenvalue weighted by Gasteiger charge is -2.37. The summed E-state index contributed by atoms with van der Waals surface area (Å²) >= 11 is 0. The van der Waals surface area contributed by atoms with E-state index < -0.39 is 11.7 Å². The smallest absolute Gasteiger partial charge is 0.412 e. The Hall–Kier alpha value is -3.53. The first-order valence-electron chi connectivity index (χ1n) is 12.8. The first-order chi connectivity index (χ1) is 17.6. The Kier molecular flexibility index (Phi) is 6.39. The van der Waals surface area contributed by atoms with Crippen molar-refractivity contribution >= 4 is 28.9 Å². The van der Waals surface area contributed by atoms with Crippen molar-refractivity contribution in [1.82, 2.24) is 19.5 Å². The number of fused-ring (bicyclic) bond motifs is 1. The maximum absolute atomic E-state index is 12.3. The lowest BCUT2D eigenvalue weighted by Crippen LogP contribution is -2.39. The summed E-state index contributed by atoms with van der Waals surface area (Å²) in [6.07, 6.45) is 4.59. The molecule has 2 aliphatic heterocycles. The third-order valence-corrected chi connectivity index (χ3v) is 7.52. The molecule has 1 amide bonds. The highest BCUT2D eigenvalue weighted by molar-refractivity contribution is 5.93. The van der Waals surface area contributed by atoms with Gasteiger partial charge in [0, 0.05) is 18.7 Å². The van der Waals surface area contributed by atoms with Gasteiger partial charge < -0.3 is 25.0 Å². The SMILES string of the molecule is COc1cc(-c2cc(N3CCC4(CCN(C)CC4)C3)n3ncnc(N)c23)ccc1NC(=O)OC(C)(C)C. The molecule has 3 N–H and O–H groups in total. The van der Waals surface area contributed by atoms with Gasteiger partial charge in [-0.05, 0) is 89.3 Å². The molecule has 37 heavy (non-hydrogen) atoms. The Bertz CT molecular complexity index is 1310. The molecule has 0 aliphatic carbocycles. The average Bonchev–Trinajstić information content (AvgIpc) is 3.43. The summed E-state index contributed by atoms with van der Waals surface area (Å²) in [5, 5.41) is 7.36. The van der Waals surface area contributed by atoms with Crippen molar-refractivity contribution in [3.05, 3.63) is 30.6 Å². The van der Waals surface area contributed by atoms with Crippen LogP contribution in [0.25, 0.3) is 16.6 Å². The van der Waals surface area contributed by atoms with Crippen molar-refractivity contribution in [2.45, 2.75) is 45.6 Å². The molecular weight excluding hydrogens is 470 g/mol. The highest BCUT2D eigenvalue weighted by Crippen LogP contribution is 2.44. The number of rotatable bonds is 4. The van der Waals surface area contributed by atoms with Crippen LogP contribution in [0.4, 0.5) is 22.1 Å². The van der Waals surface area contributed by atoms with Gasteiger partial charge in [-0.3, -0.25) is 5.32 Å². The molecule has 0 atom stereocenters. The number of piperidine rings is 1. The Morgan fingerprint density at radius 1 is 1.14 bits per heavy atom. The zero-order chi connectivity index (χ0) is 26.4. The number of nitrogens with two attached hydrogens (primary N) is 1. The van der Waals surface area contributed by atoms with E-state index in [1.807, 2.05) is 43.5 Å². The molecule has 3 aromatic rings. The second kappa shape index (κ2) is 9.41. The molecule has 10 heteroatoms. The minimum absolute atomic E-state index is 0.355. The molecule has 2 saturated heterocycles. The van der Waals surface area contributed by atoms with Gasteiger partial charge in [-0.1, -0.05) is 6.07 Å². The quantitative estimate of drug-likeness (QED) is 0.539. The van der Waals surface area contributed by atoms with Crippen LogP contribution in [0.1, 0.15) is 40.0 Å². The summed E-state index contributed by atoms with van der Waals surface area (Å²) in [4.78, 5) is 21.5. The minimum atomic E-state index is -0.599. The zero-order valence-corrected chi connectivity index (χ0v) is 22.4. The van der Waals surface area contributed by atoms with Crippen molar-refractivity contribution in [2.75, 3.05) is 56.3 Å². The number of carbonyl (C=O) groups excluding carboxylic acids is 1. The van der Waals surface area contributed by atoms with Crippen molar-refractivity contribution in [3.8, 4) is 16.9 Å². The lowest BCUT2D eigenvalue weighted by molar-refractivity contribution is 0.0635. The molecule has 4 heterocycles. The van der Waals surface area contributed by atoms with Gasteiger partial charge in [0.2, 0.25) is 0 Å². The van der Waals surface area contributed by atoms with Gasteiger partial charge in [0.15, 0.2) is 5.82 Å². The van der Waals surface area contributed by atoms with Crippen molar-refractivity contribution < 1.29 is 14.3 Å². The first kappa shape index (κ1) is 25.1. The van der Waals surface area contributed by atoms with Crippen LogP contribution >= 0.6 is 0 Å². The molecule has 10 nitrogen and oxygen atoms in total. The Labute approximate surface area is 217 Å². The van der Waals surface area contributed by atoms with Gasteiger partial charge >= 0.3 is 6.09 Å². The number of ether oxygens (including phenoxy) is 2. The molecule has 0 unspecified atom stereocenters. The molecule has 0 radical (unpaired) electrons. The van der Waals surface area contributed by atoms with E-state index in [0.717, 1.165) is 48.6 Å². The summed E-state index contributed by atoms with van der Waals surface area (Å²) < 4.78 is 12.9. The van der Waals surface area contributed by atoms with E-state index >= 15 is 0 Å². The van der Waals surface area contributed by atoms with Gasteiger partial charge in [-0.25, -0.2) is 14.3 Å². The van der Waals surface area contributed by atoms with E-state index in [9.17, 15) is 4.79 Å². The van der Waals surface area contributed by atoms with Crippen LogP contribution < -0.4 is 20.7 Å². The van der Waals surface area contributed by atoms with E-state index in [2.05, 4.69) is 38.3 Å². The monoisotopic (exact) mass is 507 g/mol. The third-order valence-electron chi connectivity index (χ3n) is 7.52. The molecule has 0 bridgehead atoms. The van der Waals surface area contributed by atoms with Crippen molar-refractivity contribution in [3.63, 3.8) is 0 Å². The van der Waals surface area contributed by atoms with Crippen LogP contribution in [0, 0.1) is 5.41 Å². The van der Waals surface area contributed by atoms with Crippen molar-refractivity contribution in [2.24, 2.45) is 5.41 Å². The number of nitrogens with zero attached hydrogens (tertiary/aromatic N) is 5. The van der Waals surface area contributed by atoms with Crippen LogP contribution in [-0.2, 0) is 4.74 Å². The van der Waals surface area contributed by atoms with Crippen LogP contribution in [-0.4, -0.2) is 71.5 Å². The van der Waals surface area contributed by atoms with E-state index in [0.29, 0.717) is 22.7 Å². The van der Waals surface area contributed by atoms with Crippen molar-refractivity contribution in [1.29, 1.82) is 0 Å². The molecule has 1 spiro atoms. The number of aromatic nitrogens is 3. The van der Waals surface area contributed by atoms with E-state index in [1.54, 1.807) is 7.11 Å². The summed E-state index contributed by atoms with van der Waals surface area (Å²) in [5.41, 5.74) is 9.23. The molecule has 2 aromatic heterocycles. The number of hydrogen-bond donors (Lipinski definition) is 2. The average molecular weight is 508 g/mol. The summed E-state index contributed by atoms with van der Waals surface area (Å²) in [5.74, 6) is 1.95. The number of nitrogens with one attached hydrogen (secondary N) is 1. The molecule has 5 rings (SSSR count). The largest absolute Gasteiger partial charge is 0.495 e. The second-order valence-electron chi connectivity index (χ2n) is 11.3. The number of benzene rings is 1. The molecule has 0 saturated carbocycles. The molecule has 198 valence electrons. The maximum Gasteiger partial charge on any atom is 0.412 e. The zero-order valence-electron chi connectivity index (χ0n) is 22.4. The number of anilines is 3. The van der Waals surface area contributed by atoms with E-state index in [4.69, 9.17) is 15.2 Å². The van der Waals surface area contributed by atoms with Crippen LogP contribution in [0.15, 0.2) is 30.6 Å². The normalized spacial score (nSPS) is 17.9. The summed E-state index contributed by atoms with van der Waals surface area (Å²) in [6, 6.07) is 7.78. The highest BCUT2D eigenvalue weighted by atomic mass is 16.6. The highest BCUT2D eigenvalue weighted by Gasteiger charge is 2.41. The first-order valence-corrected chi connectivity index (χ1v) is 12.8. The molecule has 1 aromatic carbocycles. The van der Waals surface area contributed by atoms with Crippen LogP contribution in [0.5, 0.6) is 5.75 Å². The predicted octanol–water partition coefficient (Wildman–Crippen LogP) is 4.26. The lowest BCUT2D eigenvalue weighted by atomic mass is 9.78. The fraction of sp³-hybridized carbons (Fsp3) is 0.519. The summed E-state index contributed by atoms with van der Waals surface area (Å²) in [7, 11) is 3.78. The number of carbonyl (C=O) groups is 1. The minimum Gasteiger partial charge on any atom is -0.495 e. The number of methoxy groups -OCH3 is 1. The standard InChI is InChI=1S/C27H37N7O3/c1-26(2,3)37-25(35)31-20-7-6-18(14-21(20)36-5)19-15-22(34-23(19)24(28)29-17-30-34)33-13-10-27(16-33)8-11-32(4)12-9-27/h6-7,14-15,17H,8-13,16H2,1-5H3,(H,31,35)(H2,28,29,30).